The summed E-state index contributed by atoms with van der Waals surface area (Å²) in [5.41, 5.74) is 2.75. The first-order chi connectivity index (χ1) is 9.54. The van der Waals surface area contributed by atoms with Gasteiger partial charge in [-0.05, 0) is 43.0 Å². The van der Waals surface area contributed by atoms with Crippen LogP contribution in [-0.2, 0) is 6.42 Å². The van der Waals surface area contributed by atoms with Crippen LogP contribution in [0.2, 0.25) is 4.34 Å². The maximum absolute atomic E-state index is 11.1. The molecule has 1 atom stereocenters. The fraction of sp³-hybridized carbons (Fsp3) is 0.286. The van der Waals surface area contributed by atoms with E-state index < -0.39 is 0 Å². The molecule has 1 heterocycles. The molecule has 20 heavy (non-hydrogen) atoms. The van der Waals surface area contributed by atoms with Crippen LogP contribution >= 0.6 is 22.9 Å². The molecule has 0 saturated heterocycles. The van der Waals surface area contributed by atoms with E-state index in [9.17, 15) is 10.1 Å². The Balaban J connectivity index is 1.91. The van der Waals surface area contributed by atoms with Crippen molar-refractivity contribution in [2.45, 2.75) is 25.8 Å². The third kappa shape index (κ3) is 2.39. The van der Waals surface area contributed by atoms with E-state index in [0.29, 0.717) is 5.69 Å². The highest BCUT2D eigenvalue weighted by molar-refractivity contribution is 7.16. The quantitative estimate of drug-likeness (QED) is 0.659. The standard InChI is InChI=1S/C14H13ClN2O2S/c1-8-2-3-11(12(6-8)17(18)19)16-10-4-5-13-9(10)7-14(15)20-13/h2-3,6-7,10,16H,4-5H2,1H3. The number of nitrogens with zero attached hydrogens (tertiary/aromatic N) is 1. The number of thiophene rings is 1. The van der Waals surface area contributed by atoms with Gasteiger partial charge in [-0.25, -0.2) is 0 Å². The van der Waals surface area contributed by atoms with Crippen molar-refractivity contribution >= 4 is 34.3 Å². The van der Waals surface area contributed by atoms with Crippen LogP contribution in [0, 0.1) is 17.0 Å². The second kappa shape index (κ2) is 5.07. The zero-order valence-electron chi connectivity index (χ0n) is 10.9. The van der Waals surface area contributed by atoms with Crippen molar-refractivity contribution in [2.75, 3.05) is 5.32 Å². The van der Waals surface area contributed by atoms with E-state index in [4.69, 9.17) is 11.6 Å². The highest BCUT2D eigenvalue weighted by Crippen LogP contribution is 2.42. The molecular formula is C14H13ClN2O2S. The molecule has 4 nitrogen and oxygen atoms in total. The maximum atomic E-state index is 11.1. The van der Waals surface area contributed by atoms with Crippen LogP contribution in [0.1, 0.15) is 28.5 Å². The Labute approximate surface area is 125 Å². The fourth-order valence-electron chi connectivity index (χ4n) is 2.58. The molecule has 0 bridgehead atoms. The fourth-order valence-corrected chi connectivity index (χ4v) is 3.94. The number of aryl methyl sites for hydroxylation is 2. The summed E-state index contributed by atoms with van der Waals surface area (Å²) in [4.78, 5) is 12.1. The Morgan fingerprint density at radius 3 is 3.00 bits per heavy atom. The number of fused-ring (bicyclic) bond motifs is 1. The number of rotatable bonds is 3. The van der Waals surface area contributed by atoms with Crippen molar-refractivity contribution in [1.29, 1.82) is 0 Å². The first kappa shape index (κ1) is 13.4. The van der Waals surface area contributed by atoms with E-state index in [2.05, 4.69) is 5.32 Å². The van der Waals surface area contributed by atoms with E-state index in [1.807, 2.05) is 19.1 Å². The Hall–Kier alpha value is -1.59. The summed E-state index contributed by atoms with van der Waals surface area (Å²) in [6.07, 6.45) is 1.92. The Morgan fingerprint density at radius 1 is 1.45 bits per heavy atom. The Bertz CT molecular complexity index is 684. The predicted molar refractivity (Wildman–Crippen MR) is 81.8 cm³/mol. The summed E-state index contributed by atoms with van der Waals surface area (Å²) in [6, 6.07) is 7.33. The van der Waals surface area contributed by atoms with Crippen LogP contribution < -0.4 is 5.32 Å². The van der Waals surface area contributed by atoms with Crippen LogP contribution in [0.25, 0.3) is 0 Å². The summed E-state index contributed by atoms with van der Waals surface area (Å²) >= 11 is 7.63. The van der Waals surface area contributed by atoms with Gasteiger partial charge in [0, 0.05) is 10.9 Å². The molecule has 1 N–H and O–H groups in total. The van der Waals surface area contributed by atoms with Crippen LogP contribution in [-0.4, -0.2) is 4.92 Å². The minimum Gasteiger partial charge on any atom is -0.373 e. The molecule has 1 aliphatic rings. The first-order valence-corrected chi connectivity index (χ1v) is 7.53. The minimum atomic E-state index is -0.341. The molecule has 1 aromatic heterocycles. The summed E-state index contributed by atoms with van der Waals surface area (Å²) in [7, 11) is 0. The van der Waals surface area contributed by atoms with Gasteiger partial charge in [-0.15, -0.1) is 11.3 Å². The lowest BCUT2D eigenvalue weighted by Crippen LogP contribution is -2.08. The molecule has 1 unspecified atom stereocenters. The van der Waals surface area contributed by atoms with Gasteiger partial charge in [-0.1, -0.05) is 17.7 Å². The molecule has 0 aliphatic heterocycles. The van der Waals surface area contributed by atoms with E-state index in [1.165, 1.54) is 10.4 Å². The zero-order chi connectivity index (χ0) is 14.3. The SMILES string of the molecule is Cc1ccc(NC2CCc3sc(Cl)cc32)c([N+](=O)[O-])c1. The van der Waals surface area contributed by atoms with E-state index in [0.717, 1.165) is 22.7 Å². The summed E-state index contributed by atoms with van der Waals surface area (Å²) in [6.45, 7) is 1.85. The molecule has 0 spiro atoms. The van der Waals surface area contributed by atoms with Crippen molar-refractivity contribution < 1.29 is 4.92 Å². The monoisotopic (exact) mass is 308 g/mol. The molecule has 3 rings (SSSR count). The number of anilines is 1. The number of nitro benzene ring substituents is 1. The lowest BCUT2D eigenvalue weighted by molar-refractivity contribution is -0.384. The molecule has 1 aliphatic carbocycles. The third-order valence-corrected chi connectivity index (χ3v) is 4.87. The van der Waals surface area contributed by atoms with Crippen LogP contribution in [0.4, 0.5) is 11.4 Å². The molecule has 6 heteroatoms. The molecular weight excluding hydrogens is 296 g/mol. The number of benzene rings is 1. The smallest absolute Gasteiger partial charge is 0.292 e. The average molecular weight is 309 g/mol. The highest BCUT2D eigenvalue weighted by atomic mass is 35.5. The van der Waals surface area contributed by atoms with Gasteiger partial charge >= 0.3 is 0 Å². The van der Waals surface area contributed by atoms with Gasteiger partial charge in [0.05, 0.1) is 15.3 Å². The van der Waals surface area contributed by atoms with Gasteiger partial charge in [0.1, 0.15) is 5.69 Å². The van der Waals surface area contributed by atoms with Gasteiger partial charge in [0.25, 0.3) is 5.69 Å². The molecule has 104 valence electrons. The van der Waals surface area contributed by atoms with Crippen LogP contribution in [0.5, 0.6) is 0 Å². The Kier molecular flexibility index (Phi) is 3.40. The lowest BCUT2D eigenvalue weighted by Gasteiger charge is -2.14. The summed E-state index contributed by atoms with van der Waals surface area (Å²) < 4.78 is 0.778. The first-order valence-electron chi connectivity index (χ1n) is 6.34. The molecule has 1 aromatic carbocycles. The lowest BCUT2D eigenvalue weighted by atomic mass is 10.1. The molecule has 0 amide bonds. The van der Waals surface area contributed by atoms with Gasteiger partial charge in [0.2, 0.25) is 0 Å². The van der Waals surface area contributed by atoms with Gasteiger partial charge in [0.15, 0.2) is 0 Å². The van der Waals surface area contributed by atoms with Gasteiger partial charge in [-0.2, -0.15) is 0 Å². The molecule has 2 aromatic rings. The molecule has 0 fully saturated rings. The third-order valence-electron chi connectivity index (χ3n) is 3.53. The maximum Gasteiger partial charge on any atom is 0.292 e. The van der Waals surface area contributed by atoms with Crippen molar-refractivity contribution in [3.05, 3.63) is 54.7 Å². The number of nitro groups is 1. The largest absolute Gasteiger partial charge is 0.373 e. The van der Waals surface area contributed by atoms with E-state index >= 15 is 0 Å². The normalized spacial score (nSPS) is 17.0. The van der Waals surface area contributed by atoms with Crippen molar-refractivity contribution in [3.8, 4) is 0 Å². The molecule has 0 radical (unpaired) electrons. The topological polar surface area (TPSA) is 55.2 Å². The number of hydrogen-bond acceptors (Lipinski definition) is 4. The summed E-state index contributed by atoms with van der Waals surface area (Å²) in [5.74, 6) is 0. The van der Waals surface area contributed by atoms with Crippen LogP contribution in [0.15, 0.2) is 24.3 Å². The predicted octanol–water partition coefficient (Wildman–Crippen LogP) is 4.72. The van der Waals surface area contributed by atoms with Gasteiger partial charge < -0.3 is 5.32 Å². The zero-order valence-corrected chi connectivity index (χ0v) is 12.4. The summed E-state index contributed by atoms with van der Waals surface area (Å²) in [5, 5.41) is 14.4. The minimum absolute atomic E-state index is 0.107. The number of halogens is 1. The van der Waals surface area contributed by atoms with Crippen molar-refractivity contribution in [1.82, 2.24) is 0 Å². The van der Waals surface area contributed by atoms with Gasteiger partial charge in [-0.3, -0.25) is 10.1 Å². The van der Waals surface area contributed by atoms with Crippen molar-refractivity contribution in [2.24, 2.45) is 0 Å². The average Bonchev–Trinajstić information content (AvgIpc) is 2.92. The van der Waals surface area contributed by atoms with E-state index in [-0.39, 0.29) is 16.7 Å². The second-order valence-corrected chi connectivity index (χ2v) is 6.71. The number of hydrogen-bond donors (Lipinski definition) is 1. The van der Waals surface area contributed by atoms with Crippen LogP contribution in [0.3, 0.4) is 0 Å². The highest BCUT2D eigenvalue weighted by Gasteiger charge is 2.27. The van der Waals surface area contributed by atoms with E-state index in [1.54, 1.807) is 23.5 Å². The molecule has 0 saturated carbocycles. The Morgan fingerprint density at radius 2 is 2.25 bits per heavy atom. The van der Waals surface area contributed by atoms with Crippen molar-refractivity contribution in [3.63, 3.8) is 0 Å². The second-order valence-electron chi connectivity index (χ2n) is 4.94. The number of nitrogens with one attached hydrogen (secondary N) is 1.